The Hall–Kier alpha value is -13.0. The Morgan fingerprint density at radius 3 is 1.37 bits per heavy atom. The number of para-hydroxylation sites is 1. The van der Waals surface area contributed by atoms with Crippen LogP contribution in [-0.4, -0.2) is 39.9 Å². The Balaban J connectivity index is 0.677. The molecule has 0 aliphatic heterocycles. The highest BCUT2D eigenvalue weighted by Crippen LogP contribution is 2.47. The Labute approximate surface area is 579 Å². The molecule has 20 aromatic rings. The van der Waals surface area contributed by atoms with Gasteiger partial charge in [-0.3, -0.25) is 0 Å². The van der Waals surface area contributed by atoms with Crippen molar-refractivity contribution in [3.8, 4) is 124 Å². The topological polar surface area (TPSA) is 129 Å². The molecule has 12 aromatic carbocycles. The molecule has 0 amide bonds. The Morgan fingerprint density at radius 2 is 0.700 bits per heavy atom. The van der Waals surface area contributed by atoms with E-state index in [0.29, 0.717) is 45.7 Å². The van der Waals surface area contributed by atoms with Crippen LogP contribution >= 0.6 is 22.7 Å². The molecule has 466 valence electrons. The number of fused-ring (bicyclic) bond motifs is 12. The summed E-state index contributed by atoms with van der Waals surface area (Å²) in [5.74, 6) is 2.58. The highest BCUT2D eigenvalue weighted by molar-refractivity contribution is 7.26. The molecule has 10 nitrogen and oxygen atoms in total. The minimum absolute atomic E-state index is 0.606. The Kier molecular flexibility index (Phi) is 13.4. The number of hydrogen-bond donors (Lipinski definition) is 0. The number of hydrogen-bond acceptors (Lipinski definition) is 12. The molecule has 12 heteroatoms. The molecular weight excluding hydrogens is 1270 g/mol. The monoisotopic (exact) mass is 1310 g/mol. The summed E-state index contributed by atoms with van der Waals surface area (Å²) in [6.07, 6.45) is 0. The molecule has 0 spiro atoms. The molecule has 0 atom stereocenters. The summed E-state index contributed by atoms with van der Waals surface area (Å²) in [5.41, 5.74) is 20.6. The molecule has 8 heterocycles. The van der Waals surface area contributed by atoms with Gasteiger partial charge in [0, 0.05) is 107 Å². The summed E-state index contributed by atoms with van der Waals surface area (Å²) in [6, 6.07) is 105. The summed E-state index contributed by atoms with van der Waals surface area (Å²) in [6.45, 7) is 0. The molecule has 20 rings (SSSR count). The number of thiophene rings is 2. The summed E-state index contributed by atoms with van der Waals surface area (Å²) in [7, 11) is 0. The van der Waals surface area contributed by atoms with Crippen molar-refractivity contribution in [3.05, 3.63) is 303 Å². The number of aromatic nitrogens is 8. The average molecular weight is 1320 g/mol. The van der Waals surface area contributed by atoms with Gasteiger partial charge in [-0.2, -0.15) is 0 Å². The van der Waals surface area contributed by atoms with Crippen LogP contribution in [0.3, 0.4) is 0 Å². The second-order valence-electron chi connectivity index (χ2n) is 24.9. The molecule has 100 heavy (non-hydrogen) atoms. The van der Waals surface area contributed by atoms with E-state index in [9.17, 15) is 0 Å². The van der Waals surface area contributed by atoms with E-state index in [2.05, 4.69) is 194 Å². The normalized spacial score (nSPS) is 11.8. The molecule has 0 aliphatic rings. The largest absolute Gasteiger partial charge is 0.452 e. The molecule has 8 aromatic heterocycles. The number of benzene rings is 12. The van der Waals surface area contributed by atoms with Gasteiger partial charge in [0.2, 0.25) is 0 Å². The van der Waals surface area contributed by atoms with Crippen LogP contribution in [-0.2, 0) is 0 Å². The fourth-order valence-corrected chi connectivity index (χ4v) is 16.3. The van der Waals surface area contributed by atoms with E-state index in [1.165, 1.54) is 0 Å². The van der Waals surface area contributed by atoms with Crippen molar-refractivity contribution in [2.24, 2.45) is 0 Å². The first kappa shape index (κ1) is 57.3. The van der Waals surface area contributed by atoms with Crippen molar-refractivity contribution < 1.29 is 8.83 Å². The fraction of sp³-hybridized carbons (Fsp3) is 0. The minimum atomic E-state index is 0.606. The van der Waals surface area contributed by atoms with Crippen molar-refractivity contribution in [1.82, 2.24) is 39.9 Å². The highest BCUT2D eigenvalue weighted by Gasteiger charge is 2.25. The van der Waals surface area contributed by atoms with Gasteiger partial charge in [-0.15, -0.1) is 22.7 Å². The maximum atomic E-state index is 6.98. The summed E-state index contributed by atoms with van der Waals surface area (Å²) < 4.78 is 18.2. The molecule has 0 saturated heterocycles. The van der Waals surface area contributed by atoms with Crippen molar-refractivity contribution in [1.29, 1.82) is 0 Å². The summed E-state index contributed by atoms with van der Waals surface area (Å²) >= 11 is 3.50. The summed E-state index contributed by atoms with van der Waals surface area (Å²) in [4.78, 5) is 42.3. The lowest BCUT2D eigenvalue weighted by molar-refractivity contribution is 0.667. The molecule has 0 radical (unpaired) electrons. The second kappa shape index (κ2) is 23.4. The van der Waals surface area contributed by atoms with Crippen LogP contribution in [0.4, 0.5) is 0 Å². The van der Waals surface area contributed by atoms with Gasteiger partial charge >= 0.3 is 0 Å². The zero-order valence-electron chi connectivity index (χ0n) is 53.1. The van der Waals surface area contributed by atoms with E-state index in [1.807, 2.05) is 109 Å². The lowest BCUT2D eigenvalue weighted by atomic mass is 9.99. The fourth-order valence-electron chi connectivity index (χ4n) is 13.9. The van der Waals surface area contributed by atoms with E-state index in [4.69, 9.17) is 48.7 Å². The van der Waals surface area contributed by atoms with Gasteiger partial charge in [0.15, 0.2) is 34.5 Å². The van der Waals surface area contributed by atoms with Crippen LogP contribution in [0, 0.1) is 0 Å². The third-order valence-corrected chi connectivity index (χ3v) is 21.1. The third kappa shape index (κ3) is 9.83. The van der Waals surface area contributed by atoms with Gasteiger partial charge in [0.05, 0.1) is 22.8 Å². The van der Waals surface area contributed by atoms with E-state index in [1.54, 1.807) is 22.7 Å². The predicted molar refractivity (Wildman–Crippen MR) is 409 cm³/mol. The molecule has 0 bridgehead atoms. The maximum absolute atomic E-state index is 6.98. The van der Waals surface area contributed by atoms with E-state index >= 15 is 0 Å². The second-order valence-corrected chi connectivity index (χ2v) is 27.0. The van der Waals surface area contributed by atoms with Crippen molar-refractivity contribution >= 4 is 107 Å². The Morgan fingerprint density at radius 1 is 0.230 bits per heavy atom. The number of rotatable bonds is 11. The average Bonchev–Trinajstić information content (AvgIpc) is 1.67. The number of nitrogens with zero attached hydrogens (tertiary/aromatic N) is 8. The molecule has 0 fully saturated rings. The van der Waals surface area contributed by atoms with E-state index in [-0.39, 0.29) is 0 Å². The standard InChI is InChI=1S/C88H50N8O2S2/c1-6-21-51(22-7-1)68-49-70(91-85(89-68)54-27-12-4-13-28-54)58-41-44-74-67(46-58)61-34-19-36-66(84(61)100-74)88-93-78(53-25-10-3-11-26-53)82-81(96-88)63-42-39-57(47-73(63)98-82)56-31-18-32-60(45-56)79-83-80(62-33-16-17-37-72(62)97-83)95-87(94-79)65-35-20-38-75-77(65)64-43-40-59(48-76(64)99-75)71-50-69(52-23-8-2-9-24-52)90-86(92-71)55-29-14-5-15-30-55/h1-50H. The van der Waals surface area contributed by atoms with Crippen molar-refractivity contribution in [3.63, 3.8) is 0 Å². The highest BCUT2D eigenvalue weighted by atomic mass is 32.1. The quantitative estimate of drug-likeness (QED) is 0.123. The van der Waals surface area contributed by atoms with Gasteiger partial charge in [0.25, 0.3) is 0 Å². The summed E-state index contributed by atoms with van der Waals surface area (Å²) in [5, 5.41) is 6.26. The molecular formula is C88H50N8O2S2. The van der Waals surface area contributed by atoms with E-state index in [0.717, 1.165) is 163 Å². The van der Waals surface area contributed by atoms with Gasteiger partial charge in [-0.05, 0) is 83.9 Å². The van der Waals surface area contributed by atoms with Gasteiger partial charge < -0.3 is 8.83 Å². The Bertz CT molecular complexity index is 6540. The first-order valence-corrected chi connectivity index (χ1v) is 34.7. The van der Waals surface area contributed by atoms with Crippen LogP contribution in [0.5, 0.6) is 0 Å². The lowest BCUT2D eigenvalue weighted by Crippen LogP contribution is -1.95. The zero-order valence-corrected chi connectivity index (χ0v) is 54.7. The molecule has 0 saturated carbocycles. The molecule has 0 N–H and O–H groups in total. The van der Waals surface area contributed by atoms with Crippen molar-refractivity contribution in [2.45, 2.75) is 0 Å². The van der Waals surface area contributed by atoms with Gasteiger partial charge in [-0.1, -0.05) is 231 Å². The van der Waals surface area contributed by atoms with Crippen LogP contribution in [0.15, 0.2) is 312 Å². The number of furan rings is 2. The minimum Gasteiger partial charge on any atom is -0.452 e. The van der Waals surface area contributed by atoms with Crippen molar-refractivity contribution in [2.75, 3.05) is 0 Å². The SMILES string of the molecule is c1ccc(-c2cc(-c3ccc4c(c3)sc3cccc(-c5nc(-c6cccc(-c7ccc8c(c7)oc7c(-c9ccccc9)nc(-c9cccc%10c9sc9ccc(-c%11cc(-c%12ccccc%12)nc(-c%12ccccc%12)n%11)cc9%10)nc78)c6)c6oc7ccccc7c6n5)c34)nc(-c3ccccc3)n2)cc1. The maximum Gasteiger partial charge on any atom is 0.180 e. The smallest absolute Gasteiger partial charge is 0.180 e. The third-order valence-electron chi connectivity index (χ3n) is 18.8. The van der Waals surface area contributed by atoms with Crippen LogP contribution < -0.4 is 0 Å². The van der Waals surface area contributed by atoms with Crippen LogP contribution in [0.2, 0.25) is 0 Å². The van der Waals surface area contributed by atoms with Gasteiger partial charge in [0.1, 0.15) is 33.6 Å². The van der Waals surface area contributed by atoms with Crippen LogP contribution in [0.25, 0.3) is 209 Å². The van der Waals surface area contributed by atoms with Gasteiger partial charge in [-0.25, -0.2) is 39.9 Å². The zero-order chi connectivity index (χ0) is 65.8. The predicted octanol–water partition coefficient (Wildman–Crippen LogP) is 23.7. The molecule has 0 aliphatic carbocycles. The first-order valence-electron chi connectivity index (χ1n) is 33.0. The lowest BCUT2D eigenvalue weighted by Gasteiger charge is -2.10. The molecule has 0 unspecified atom stereocenters. The first-order chi connectivity index (χ1) is 49.5. The van der Waals surface area contributed by atoms with E-state index < -0.39 is 0 Å². The van der Waals surface area contributed by atoms with Crippen LogP contribution in [0.1, 0.15) is 0 Å².